The molecule has 33 heavy (non-hydrogen) atoms. The zero-order valence-corrected chi connectivity index (χ0v) is 19.6. The number of aliphatic hydroxyl groups is 3. The molecule has 1 saturated carbocycles. The molecule has 192 valence electrons. The minimum absolute atomic E-state index is 0.0483. The SMILES string of the molecule is CCN[C@@H]1C[C@H](N)C(O[C@H]2OC(CN)=CC[C@H]2N)[C@H](O)[C@H]1O[C@H]1OC[C@](C)(O)[C@H](NC)[C@H]1O. The summed E-state index contributed by atoms with van der Waals surface area (Å²) in [5, 5.41) is 38.8. The van der Waals surface area contributed by atoms with Gasteiger partial charge in [0.1, 0.15) is 35.8 Å². The maximum atomic E-state index is 11.3. The van der Waals surface area contributed by atoms with Crippen LogP contribution in [0.1, 0.15) is 26.7 Å². The summed E-state index contributed by atoms with van der Waals surface area (Å²) < 4.78 is 23.6. The smallest absolute Gasteiger partial charge is 0.215 e. The van der Waals surface area contributed by atoms with E-state index in [1.165, 1.54) is 0 Å². The van der Waals surface area contributed by atoms with Gasteiger partial charge >= 0.3 is 0 Å². The van der Waals surface area contributed by atoms with Crippen molar-refractivity contribution in [2.24, 2.45) is 17.2 Å². The Kier molecular flexibility index (Phi) is 9.08. The average molecular weight is 476 g/mol. The molecule has 11 N–H and O–H groups in total. The second-order valence-electron chi connectivity index (χ2n) is 9.31. The van der Waals surface area contributed by atoms with Crippen LogP contribution in [0.5, 0.6) is 0 Å². The molecule has 11 atom stereocenters. The van der Waals surface area contributed by atoms with Crippen molar-refractivity contribution in [3.63, 3.8) is 0 Å². The molecule has 0 radical (unpaired) electrons. The molecule has 2 fully saturated rings. The minimum atomic E-state index is -1.28. The Morgan fingerprint density at radius 1 is 1.15 bits per heavy atom. The second kappa shape index (κ2) is 11.2. The van der Waals surface area contributed by atoms with E-state index in [0.717, 1.165) is 0 Å². The summed E-state index contributed by atoms with van der Waals surface area (Å²) in [5.74, 6) is 0.572. The number of aliphatic hydroxyl groups excluding tert-OH is 2. The lowest BCUT2D eigenvalue weighted by Gasteiger charge is -2.49. The Bertz CT molecular complexity index is 669. The molecule has 0 amide bonds. The summed E-state index contributed by atoms with van der Waals surface area (Å²) in [6.07, 6.45) is -3.05. The maximum Gasteiger partial charge on any atom is 0.215 e. The molecule has 0 aromatic rings. The van der Waals surface area contributed by atoms with Crippen molar-refractivity contribution in [1.82, 2.24) is 10.6 Å². The van der Waals surface area contributed by atoms with E-state index in [0.29, 0.717) is 25.1 Å². The van der Waals surface area contributed by atoms with E-state index in [1.807, 2.05) is 13.0 Å². The molecular formula is C21H41N5O7. The van der Waals surface area contributed by atoms with Gasteiger partial charge in [0, 0.05) is 12.1 Å². The van der Waals surface area contributed by atoms with Crippen molar-refractivity contribution < 1.29 is 34.3 Å². The van der Waals surface area contributed by atoms with Crippen LogP contribution >= 0.6 is 0 Å². The second-order valence-corrected chi connectivity index (χ2v) is 9.31. The van der Waals surface area contributed by atoms with Crippen LogP contribution in [0.2, 0.25) is 0 Å². The summed E-state index contributed by atoms with van der Waals surface area (Å²) in [4.78, 5) is 0. The van der Waals surface area contributed by atoms with Gasteiger partial charge in [-0.3, -0.25) is 0 Å². The third-order valence-electron chi connectivity index (χ3n) is 6.64. The van der Waals surface area contributed by atoms with Gasteiger partial charge in [0.15, 0.2) is 6.29 Å². The first-order valence-corrected chi connectivity index (χ1v) is 11.6. The van der Waals surface area contributed by atoms with Gasteiger partial charge in [-0.05, 0) is 39.4 Å². The molecule has 0 aromatic heterocycles. The minimum Gasteiger partial charge on any atom is -0.467 e. The zero-order valence-electron chi connectivity index (χ0n) is 19.6. The van der Waals surface area contributed by atoms with Crippen LogP contribution in [0.25, 0.3) is 0 Å². The molecule has 0 spiro atoms. The molecule has 1 unspecified atom stereocenters. The predicted octanol–water partition coefficient (Wildman–Crippen LogP) is -3.20. The van der Waals surface area contributed by atoms with Gasteiger partial charge in [-0.2, -0.15) is 0 Å². The van der Waals surface area contributed by atoms with E-state index in [1.54, 1.807) is 14.0 Å². The van der Waals surface area contributed by atoms with E-state index in [4.69, 9.17) is 36.1 Å². The Hall–Kier alpha value is -0.900. The molecule has 1 aliphatic carbocycles. The third kappa shape index (κ3) is 5.85. The van der Waals surface area contributed by atoms with Crippen LogP contribution in [0.4, 0.5) is 0 Å². The van der Waals surface area contributed by atoms with Crippen LogP contribution in [0.3, 0.4) is 0 Å². The molecular weight excluding hydrogens is 434 g/mol. The van der Waals surface area contributed by atoms with Crippen LogP contribution in [-0.4, -0.2) is 109 Å². The maximum absolute atomic E-state index is 11.3. The van der Waals surface area contributed by atoms with Crippen molar-refractivity contribution in [2.45, 2.75) is 93.5 Å². The summed E-state index contributed by atoms with van der Waals surface area (Å²) in [7, 11) is 1.64. The first kappa shape index (κ1) is 26.7. The first-order chi connectivity index (χ1) is 15.6. The summed E-state index contributed by atoms with van der Waals surface area (Å²) in [5.41, 5.74) is 16.9. The Morgan fingerprint density at radius 2 is 1.85 bits per heavy atom. The molecule has 2 aliphatic heterocycles. The van der Waals surface area contributed by atoms with Crippen LogP contribution in [0.15, 0.2) is 11.8 Å². The summed E-state index contributed by atoms with van der Waals surface area (Å²) in [6.45, 7) is 4.30. The number of hydrogen-bond acceptors (Lipinski definition) is 12. The van der Waals surface area contributed by atoms with Crippen LogP contribution < -0.4 is 27.8 Å². The van der Waals surface area contributed by atoms with Gasteiger partial charge in [-0.1, -0.05) is 6.92 Å². The number of rotatable bonds is 8. The molecule has 12 heteroatoms. The summed E-state index contributed by atoms with van der Waals surface area (Å²) in [6, 6.07) is -1.95. The monoisotopic (exact) mass is 475 g/mol. The third-order valence-corrected chi connectivity index (χ3v) is 6.64. The van der Waals surface area contributed by atoms with E-state index >= 15 is 0 Å². The number of hydrogen-bond donors (Lipinski definition) is 8. The van der Waals surface area contributed by atoms with Crippen molar-refractivity contribution >= 4 is 0 Å². The fraction of sp³-hybridized carbons (Fsp3) is 0.905. The molecule has 0 bridgehead atoms. The highest BCUT2D eigenvalue weighted by molar-refractivity contribution is 5.05. The van der Waals surface area contributed by atoms with Crippen molar-refractivity contribution in [2.75, 3.05) is 26.7 Å². The average Bonchev–Trinajstić information content (AvgIpc) is 2.76. The Morgan fingerprint density at radius 3 is 2.48 bits per heavy atom. The Balaban J connectivity index is 1.75. The topological polar surface area (TPSA) is 200 Å². The highest BCUT2D eigenvalue weighted by Gasteiger charge is 2.51. The number of likely N-dealkylation sites (N-methyl/N-ethyl adjacent to an activating group) is 2. The van der Waals surface area contributed by atoms with E-state index < -0.39 is 60.7 Å². The number of nitrogens with two attached hydrogens (primary N) is 3. The van der Waals surface area contributed by atoms with E-state index in [2.05, 4.69) is 10.6 Å². The zero-order chi connectivity index (χ0) is 24.3. The standard InChI is InChI=1S/C21H41N5O7/c1-4-26-13-7-12(24)16(32-19-11(23)6-5-10(8-22)31-19)14(27)17(13)33-20-15(28)18(25-3)21(2,29)9-30-20/h5,11-20,25-29H,4,6-9,22-24H2,1-3H3/t11-,12+,13-,14+,15-,16?,17+,18-,19-,20-,21+/m1/s1. The van der Waals surface area contributed by atoms with Gasteiger partial charge in [-0.15, -0.1) is 0 Å². The van der Waals surface area contributed by atoms with E-state index in [-0.39, 0.29) is 19.2 Å². The Labute approximate surface area is 194 Å². The highest BCUT2D eigenvalue weighted by atomic mass is 16.7. The largest absolute Gasteiger partial charge is 0.467 e. The first-order valence-electron chi connectivity index (χ1n) is 11.6. The van der Waals surface area contributed by atoms with Gasteiger partial charge in [0.05, 0.1) is 25.2 Å². The lowest BCUT2D eigenvalue weighted by molar-refractivity contribution is -0.304. The van der Waals surface area contributed by atoms with E-state index in [9.17, 15) is 15.3 Å². The van der Waals surface area contributed by atoms with Crippen molar-refractivity contribution in [3.8, 4) is 0 Å². The predicted molar refractivity (Wildman–Crippen MR) is 120 cm³/mol. The molecule has 0 aromatic carbocycles. The molecule has 1 saturated heterocycles. The lowest BCUT2D eigenvalue weighted by atomic mass is 9.83. The molecule has 2 heterocycles. The molecule has 3 rings (SSSR count). The van der Waals surface area contributed by atoms with Crippen LogP contribution in [0, 0.1) is 0 Å². The lowest BCUT2D eigenvalue weighted by Crippen LogP contribution is -2.69. The van der Waals surface area contributed by atoms with Gasteiger partial charge < -0.3 is 62.1 Å². The molecule has 12 nitrogen and oxygen atoms in total. The summed E-state index contributed by atoms with van der Waals surface area (Å²) >= 11 is 0. The molecule has 3 aliphatic rings. The number of ether oxygens (including phenoxy) is 4. The van der Waals surface area contributed by atoms with Crippen molar-refractivity contribution in [1.29, 1.82) is 0 Å². The quantitative estimate of drug-likeness (QED) is 0.175. The normalized spacial score (nSPS) is 46.5. The van der Waals surface area contributed by atoms with Gasteiger partial charge in [0.2, 0.25) is 6.29 Å². The fourth-order valence-electron chi connectivity index (χ4n) is 4.86. The highest BCUT2D eigenvalue weighted by Crippen LogP contribution is 2.31. The van der Waals surface area contributed by atoms with Gasteiger partial charge in [-0.25, -0.2) is 0 Å². The van der Waals surface area contributed by atoms with Crippen molar-refractivity contribution in [3.05, 3.63) is 11.8 Å². The van der Waals surface area contributed by atoms with Gasteiger partial charge in [0.25, 0.3) is 0 Å². The number of nitrogens with one attached hydrogen (secondary N) is 2. The van der Waals surface area contributed by atoms with Crippen LogP contribution in [-0.2, 0) is 18.9 Å². The fourth-order valence-corrected chi connectivity index (χ4v) is 4.86.